The maximum absolute atomic E-state index is 5.80. The lowest BCUT2D eigenvalue weighted by Crippen LogP contribution is -2.07. The number of nitrogens with two attached hydrogens (primary N) is 1. The van der Waals surface area contributed by atoms with Crippen molar-refractivity contribution in [2.75, 3.05) is 6.54 Å². The van der Waals surface area contributed by atoms with Crippen LogP contribution in [0.4, 0.5) is 0 Å². The first kappa shape index (κ1) is 9.30. The molecule has 0 aliphatic rings. The quantitative estimate of drug-likeness (QED) is 0.805. The molecule has 0 fully saturated rings. The highest BCUT2D eigenvalue weighted by Crippen LogP contribution is 2.14. The largest absolute Gasteiger partial charge is 0.330 e. The van der Waals surface area contributed by atoms with Gasteiger partial charge in [0.25, 0.3) is 0 Å². The first-order valence-corrected chi connectivity index (χ1v) is 4.66. The second-order valence-electron chi connectivity index (χ2n) is 2.90. The maximum Gasteiger partial charge on any atom is 0.152 e. The summed E-state index contributed by atoms with van der Waals surface area (Å²) in [4.78, 5) is 4.29. The minimum absolute atomic E-state index is 0.529. The Balaban J connectivity index is 2.50. The van der Waals surface area contributed by atoms with Crippen molar-refractivity contribution >= 4 is 22.6 Å². The number of fused-ring (bicyclic) bond motifs is 1. The van der Waals surface area contributed by atoms with Gasteiger partial charge in [-0.25, -0.2) is 4.98 Å². The molecule has 0 saturated carbocycles. The van der Waals surface area contributed by atoms with Gasteiger partial charge in [0, 0.05) is 11.4 Å². The molecule has 0 unspecified atom stereocenters. The zero-order valence-electron chi connectivity index (χ0n) is 7.44. The van der Waals surface area contributed by atoms with Crippen molar-refractivity contribution in [3.05, 3.63) is 29.0 Å². The van der Waals surface area contributed by atoms with Crippen molar-refractivity contribution < 1.29 is 0 Å². The van der Waals surface area contributed by atoms with Crippen LogP contribution in [0.3, 0.4) is 0 Å². The van der Waals surface area contributed by atoms with Gasteiger partial charge in [-0.05, 0) is 24.7 Å². The highest BCUT2D eigenvalue weighted by molar-refractivity contribution is 6.31. The summed E-state index contributed by atoms with van der Waals surface area (Å²) in [6, 6.07) is 5.35. The average molecular weight is 209 g/mol. The average Bonchev–Trinajstić information content (AvgIpc) is 2.19. The lowest BCUT2D eigenvalue weighted by Gasteiger charge is -1.99. The van der Waals surface area contributed by atoms with Gasteiger partial charge in [-0.1, -0.05) is 11.6 Å². The van der Waals surface area contributed by atoms with E-state index in [2.05, 4.69) is 15.2 Å². The number of halogens is 1. The molecule has 1 aromatic heterocycles. The Bertz CT molecular complexity index is 458. The van der Waals surface area contributed by atoms with Crippen LogP contribution in [-0.4, -0.2) is 21.7 Å². The molecule has 4 nitrogen and oxygen atoms in total. The van der Waals surface area contributed by atoms with Gasteiger partial charge < -0.3 is 5.73 Å². The predicted molar refractivity (Wildman–Crippen MR) is 55.1 cm³/mol. The van der Waals surface area contributed by atoms with E-state index in [-0.39, 0.29) is 0 Å². The standard InChI is InChI=1S/C9H9ClN4/c10-6-1-2-7-8(5-6)13-14-9(12-7)3-4-11/h1-2,5H,3-4,11H2. The van der Waals surface area contributed by atoms with Gasteiger partial charge in [0.15, 0.2) is 5.82 Å². The predicted octanol–water partition coefficient (Wildman–Crippen LogP) is 1.18. The fraction of sp³-hybridized carbons (Fsp3) is 0.222. The molecule has 0 spiro atoms. The fourth-order valence-corrected chi connectivity index (χ4v) is 1.35. The molecule has 72 valence electrons. The summed E-state index contributed by atoms with van der Waals surface area (Å²) >= 11 is 5.80. The molecule has 0 aliphatic heterocycles. The van der Waals surface area contributed by atoms with E-state index in [9.17, 15) is 0 Å². The lowest BCUT2D eigenvalue weighted by molar-refractivity contribution is 0.832. The molecule has 2 N–H and O–H groups in total. The number of nitrogens with zero attached hydrogens (tertiary/aromatic N) is 3. The summed E-state index contributed by atoms with van der Waals surface area (Å²) < 4.78 is 0. The van der Waals surface area contributed by atoms with Crippen LogP contribution < -0.4 is 5.73 Å². The summed E-state index contributed by atoms with van der Waals surface area (Å²) in [7, 11) is 0. The Morgan fingerprint density at radius 2 is 2.07 bits per heavy atom. The fourth-order valence-electron chi connectivity index (χ4n) is 1.18. The van der Waals surface area contributed by atoms with Crippen molar-refractivity contribution in [1.82, 2.24) is 15.2 Å². The highest BCUT2D eigenvalue weighted by Gasteiger charge is 2.01. The second kappa shape index (κ2) is 3.86. The maximum atomic E-state index is 5.80. The van der Waals surface area contributed by atoms with Gasteiger partial charge in [0.2, 0.25) is 0 Å². The minimum atomic E-state index is 0.529. The molecule has 0 saturated heterocycles. The van der Waals surface area contributed by atoms with Crippen LogP contribution in [0.1, 0.15) is 5.82 Å². The summed E-state index contributed by atoms with van der Waals surface area (Å²) in [6.45, 7) is 0.529. The summed E-state index contributed by atoms with van der Waals surface area (Å²) in [5, 5.41) is 8.59. The zero-order chi connectivity index (χ0) is 9.97. The zero-order valence-corrected chi connectivity index (χ0v) is 8.20. The van der Waals surface area contributed by atoms with E-state index in [0.29, 0.717) is 29.3 Å². The van der Waals surface area contributed by atoms with Crippen LogP contribution in [-0.2, 0) is 6.42 Å². The van der Waals surface area contributed by atoms with E-state index >= 15 is 0 Å². The van der Waals surface area contributed by atoms with Crippen LogP contribution in [0.15, 0.2) is 18.2 Å². The summed E-state index contributed by atoms with van der Waals surface area (Å²) in [6.07, 6.45) is 0.644. The van der Waals surface area contributed by atoms with E-state index in [0.717, 1.165) is 5.52 Å². The molecule has 0 bridgehead atoms. The van der Waals surface area contributed by atoms with Gasteiger partial charge in [-0.15, -0.1) is 10.2 Å². The molecule has 1 heterocycles. The number of hydrogen-bond donors (Lipinski definition) is 1. The third kappa shape index (κ3) is 1.81. The minimum Gasteiger partial charge on any atom is -0.330 e. The van der Waals surface area contributed by atoms with Gasteiger partial charge in [-0.2, -0.15) is 0 Å². The van der Waals surface area contributed by atoms with Gasteiger partial charge in [-0.3, -0.25) is 0 Å². The number of benzene rings is 1. The van der Waals surface area contributed by atoms with E-state index in [1.807, 2.05) is 6.07 Å². The van der Waals surface area contributed by atoms with Crippen LogP contribution >= 0.6 is 11.6 Å². The molecule has 5 heteroatoms. The molecular formula is C9H9ClN4. The number of rotatable bonds is 2. The topological polar surface area (TPSA) is 64.7 Å². The van der Waals surface area contributed by atoms with Crippen molar-refractivity contribution in [2.24, 2.45) is 5.73 Å². The van der Waals surface area contributed by atoms with Crippen molar-refractivity contribution in [1.29, 1.82) is 0 Å². The van der Waals surface area contributed by atoms with E-state index in [4.69, 9.17) is 17.3 Å². The molecule has 1 aromatic carbocycles. The Labute approximate surface area is 86.1 Å². The first-order chi connectivity index (χ1) is 6.79. The third-order valence-electron chi connectivity index (χ3n) is 1.83. The van der Waals surface area contributed by atoms with Crippen LogP contribution in [0.5, 0.6) is 0 Å². The highest BCUT2D eigenvalue weighted by atomic mass is 35.5. The molecule has 2 rings (SSSR count). The SMILES string of the molecule is NCCc1nnc2cc(Cl)ccc2n1. The van der Waals surface area contributed by atoms with Gasteiger partial charge in [0.05, 0.1) is 5.52 Å². The molecule has 2 aromatic rings. The monoisotopic (exact) mass is 208 g/mol. The number of aromatic nitrogens is 3. The molecule has 14 heavy (non-hydrogen) atoms. The van der Waals surface area contributed by atoms with Gasteiger partial charge >= 0.3 is 0 Å². The molecule has 0 atom stereocenters. The van der Waals surface area contributed by atoms with Crippen molar-refractivity contribution in [3.8, 4) is 0 Å². The normalized spacial score (nSPS) is 10.7. The van der Waals surface area contributed by atoms with Crippen LogP contribution in [0.25, 0.3) is 11.0 Å². The van der Waals surface area contributed by atoms with Crippen LogP contribution in [0.2, 0.25) is 5.02 Å². The Morgan fingerprint density at radius 3 is 2.86 bits per heavy atom. The molecule has 0 radical (unpaired) electrons. The smallest absolute Gasteiger partial charge is 0.152 e. The van der Waals surface area contributed by atoms with Crippen molar-refractivity contribution in [2.45, 2.75) is 6.42 Å². The van der Waals surface area contributed by atoms with E-state index in [1.54, 1.807) is 12.1 Å². The third-order valence-corrected chi connectivity index (χ3v) is 2.06. The molecule has 0 aliphatic carbocycles. The Hall–Kier alpha value is -1.26. The van der Waals surface area contributed by atoms with E-state index in [1.165, 1.54) is 0 Å². The first-order valence-electron chi connectivity index (χ1n) is 4.28. The number of hydrogen-bond acceptors (Lipinski definition) is 4. The van der Waals surface area contributed by atoms with Crippen molar-refractivity contribution in [3.63, 3.8) is 0 Å². The van der Waals surface area contributed by atoms with E-state index < -0.39 is 0 Å². The lowest BCUT2D eigenvalue weighted by atomic mass is 10.3. The summed E-state index contributed by atoms with van der Waals surface area (Å²) in [5.74, 6) is 0.669. The second-order valence-corrected chi connectivity index (χ2v) is 3.34. The Kier molecular flexibility index (Phi) is 2.56. The summed E-state index contributed by atoms with van der Waals surface area (Å²) in [5.41, 5.74) is 6.91. The van der Waals surface area contributed by atoms with Gasteiger partial charge in [0.1, 0.15) is 5.52 Å². The Morgan fingerprint density at radius 1 is 1.21 bits per heavy atom. The van der Waals surface area contributed by atoms with Crippen LogP contribution in [0, 0.1) is 0 Å². The molecular weight excluding hydrogens is 200 g/mol. The molecule has 0 amide bonds.